The molecule has 6 nitrogen and oxygen atoms in total. The molecule has 2 rings (SSSR count). The van der Waals surface area contributed by atoms with Crippen LogP contribution in [-0.2, 0) is 10.0 Å². The fraction of sp³-hybridized carbons (Fsp3) is 0. The lowest BCUT2D eigenvalue weighted by Crippen LogP contribution is -2.14. The molecule has 0 aliphatic heterocycles. The van der Waals surface area contributed by atoms with Crippen molar-refractivity contribution in [3.05, 3.63) is 42.7 Å². The molecule has 0 unspecified atom stereocenters. The summed E-state index contributed by atoms with van der Waals surface area (Å²) in [6.45, 7) is 0. The maximum atomic E-state index is 11.9. The molecule has 0 aliphatic carbocycles. The quantitative estimate of drug-likeness (QED) is 0.806. The number of aromatic nitrogens is 2. The largest absolute Gasteiger partial charge is 0.399 e. The lowest BCUT2D eigenvalue weighted by Gasteiger charge is -2.05. The molecule has 0 bridgehead atoms. The van der Waals surface area contributed by atoms with Crippen LogP contribution in [0.1, 0.15) is 2.85 Å². The van der Waals surface area contributed by atoms with Crippen molar-refractivity contribution in [2.75, 3.05) is 10.5 Å². The van der Waals surface area contributed by atoms with Gasteiger partial charge in [-0.05, 0) is 30.3 Å². The van der Waals surface area contributed by atoms with Crippen LogP contribution in [0.4, 0.5) is 11.6 Å². The number of sulfonamides is 1. The van der Waals surface area contributed by atoms with Crippen molar-refractivity contribution in [3.8, 4) is 0 Å². The summed E-state index contributed by atoms with van der Waals surface area (Å²) in [6.07, 6.45) is 2.90. The number of anilines is 2. The van der Waals surface area contributed by atoms with Gasteiger partial charge in [-0.1, -0.05) is 0 Å². The SMILES string of the molecule is Nc1ccc(S(=O)(=O)Nc2ncccn2)cc1.[HH].[HH]. The van der Waals surface area contributed by atoms with Crippen molar-refractivity contribution < 1.29 is 11.3 Å². The molecule has 17 heavy (non-hydrogen) atoms. The van der Waals surface area contributed by atoms with Crippen LogP contribution in [0.15, 0.2) is 47.6 Å². The van der Waals surface area contributed by atoms with Gasteiger partial charge < -0.3 is 5.73 Å². The summed E-state index contributed by atoms with van der Waals surface area (Å²) in [5.41, 5.74) is 5.98. The summed E-state index contributed by atoms with van der Waals surface area (Å²) in [6, 6.07) is 7.46. The van der Waals surface area contributed by atoms with E-state index >= 15 is 0 Å². The molecule has 1 aromatic carbocycles. The molecule has 2 aromatic rings. The van der Waals surface area contributed by atoms with Crippen LogP contribution in [0.5, 0.6) is 0 Å². The first-order valence-corrected chi connectivity index (χ1v) is 6.22. The molecule has 3 N–H and O–H groups in total. The van der Waals surface area contributed by atoms with Crippen LogP contribution in [-0.4, -0.2) is 18.4 Å². The minimum absolute atomic E-state index is 0. The number of benzene rings is 1. The molecule has 7 heteroatoms. The predicted octanol–water partition coefficient (Wildman–Crippen LogP) is 1.35. The lowest BCUT2D eigenvalue weighted by atomic mass is 10.3. The topological polar surface area (TPSA) is 98.0 Å². The molecule has 0 atom stereocenters. The van der Waals surface area contributed by atoms with Crippen LogP contribution in [0, 0.1) is 0 Å². The Morgan fingerprint density at radius 1 is 1.12 bits per heavy atom. The van der Waals surface area contributed by atoms with Crippen molar-refractivity contribution in [1.82, 2.24) is 9.97 Å². The zero-order valence-corrected chi connectivity index (χ0v) is 9.55. The number of hydrogen-bond donors (Lipinski definition) is 2. The highest BCUT2D eigenvalue weighted by Crippen LogP contribution is 2.14. The summed E-state index contributed by atoms with van der Waals surface area (Å²) in [7, 11) is -3.66. The Kier molecular flexibility index (Phi) is 2.92. The number of nitrogens with two attached hydrogens (primary N) is 1. The van der Waals surface area contributed by atoms with E-state index < -0.39 is 10.0 Å². The van der Waals surface area contributed by atoms with Crippen LogP contribution in [0.25, 0.3) is 0 Å². The van der Waals surface area contributed by atoms with Gasteiger partial charge in [0.15, 0.2) is 0 Å². The van der Waals surface area contributed by atoms with Gasteiger partial charge in [0.05, 0.1) is 4.90 Å². The Morgan fingerprint density at radius 2 is 1.71 bits per heavy atom. The summed E-state index contributed by atoms with van der Waals surface area (Å²) >= 11 is 0. The summed E-state index contributed by atoms with van der Waals surface area (Å²) < 4.78 is 26.0. The van der Waals surface area contributed by atoms with E-state index in [4.69, 9.17) is 5.73 Å². The summed E-state index contributed by atoms with van der Waals surface area (Å²) in [5.74, 6) is 0.0318. The third kappa shape index (κ3) is 2.70. The van der Waals surface area contributed by atoms with Crippen molar-refractivity contribution in [1.29, 1.82) is 0 Å². The highest BCUT2D eigenvalue weighted by Gasteiger charge is 2.14. The molecular formula is C10H14N4O2S. The van der Waals surface area contributed by atoms with Gasteiger partial charge in [0, 0.05) is 20.9 Å². The molecule has 1 heterocycles. The number of nitrogens with zero attached hydrogens (tertiary/aromatic N) is 2. The van der Waals surface area contributed by atoms with Gasteiger partial charge in [0.2, 0.25) is 5.95 Å². The first-order chi connectivity index (χ1) is 8.08. The maximum Gasteiger partial charge on any atom is 0.264 e. The van der Waals surface area contributed by atoms with Gasteiger partial charge >= 0.3 is 0 Å². The Balaban J connectivity index is 0.00000162. The van der Waals surface area contributed by atoms with Gasteiger partial charge in [-0.3, -0.25) is 0 Å². The van der Waals surface area contributed by atoms with Gasteiger partial charge in [-0.25, -0.2) is 23.1 Å². The monoisotopic (exact) mass is 254 g/mol. The Morgan fingerprint density at radius 3 is 2.29 bits per heavy atom. The third-order valence-corrected chi connectivity index (χ3v) is 3.33. The number of nitrogen functional groups attached to an aromatic ring is 1. The van der Waals surface area contributed by atoms with E-state index in [-0.39, 0.29) is 13.7 Å². The van der Waals surface area contributed by atoms with E-state index in [2.05, 4.69) is 14.7 Å². The van der Waals surface area contributed by atoms with E-state index in [1.807, 2.05) is 0 Å². The average molecular weight is 254 g/mol. The smallest absolute Gasteiger partial charge is 0.264 e. The fourth-order valence-corrected chi connectivity index (χ4v) is 2.14. The zero-order chi connectivity index (χ0) is 12.3. The molecule has 0 radical (unpaired) electrons. The molecular weight excluding hydrogens is 240 g/mol. The highest BCUT2D eigenvalue weighted by molar-refractivity contribution is 7.92. The van der Waals surface area contributed by atoms with E-state index in [1.54, 1.807) is 6.07 Å². The van der Waals surface area contributed by atoms with Gasteiger partial charge in [0.25, 0.3) is 10.0 Å². The zero-order valence-electron chi connectivity index (χ0n) is 8.74. The van der Waals surface area contributed by atoms with E-state index in [0.717, 1.165) is 0 Å². The Labute approximate surface area is 102 Å². The molecule has 0 spiro atoms. The maximum absolute atomic E-state index is 11.9. The molecule has 1 aromatic heterocycles. The summed E-state index contributed by atoms with van der Waals surface area (Å²) in [4.78, 5) is 7.67. The summed E-state index contributed by atoms with van der Waals surface area (Å²) in [5, 5.41) is 0. The normalized spacial score (nSPS) is 11.1. The first kappa shape index (κ1) is 11.3. The third-order valence-electron chi connectivity index (χ3n) is 1.98. The minimum Gasteiger partial charge on any atom is -0.399 e. The molecule has 0 aliphatic rings. The Bertz CT molecular complexity index is 605. The predicted molar refractivity (Wildman–Crippen MR) is 67.9 cm³/mol. The number of hydrogen-bond acceptors (Lipinski definition) is 5. The number of rotatable bonds is 3. The van der Waals surface area contributed by atoms with Crippen molar-refractivity contribution in [3.63, 3.8) is 0 Å². The first-order valence-electron chi connectivity index (χ1n) is 4.73. The van der Waals surface area contributed by atoms with Crippen molar-refractivity contribution in [2.45, 2.75) is 4.90 Å². The van der Waals surface area contributed by atoms with E-state index in [9.17, 15) is 8.42 Å². The van der Waals surface area contributed by atoms with Crippen LogP contribution in [0.2, 0.25) is 0 Å². The van der Waals surface area contributed by atoms with E-state index in [0.29, 0.717) is 5.69 Å². The van der Waals surface area contributed by atoms with E-state index in [1.165, 1.54) is 36.7 Å². The molecule has 92 valence electrons. The lowest BCUT2D eigenvalue weighted by molar-refractivity contribution is 0.601. The van der Waals surface area contributed by atoms with Crippen LogP contribution < -0.4 is 10.5 Å². The van der Waals surface area contributed by atoms with Gasteiger partial charge in [-0.15, -0.1) is 0 Å². The standard InChI is InChI=1S/C10H10N4O2S.2H2/c11-8-2-4-9(5-3-8)17(15,16)14-10-12-6-1-7-13-10;;/h1-7H,11H2,(H,12,13,14);2*1H. The number of nitrogens with one attached hydrogen (secondary N) is 1. The van der Waals surface area contributed by atoms with Crippen LogP contribution in [0.3, 0.4) is 0 Å². The van der Waals surface area contributed by atoms with Crippen LogP contribution >= 0.6 is 0 Å². The minimum atomic E-state index is -3.66. The van der Waals surface area contributed by atoms with Crippen molar-refractivity contribution in [2.24, 2.45) is 0 Å². The molecule has 0 saturated carbocycles. The van der Waals surface area contributed by atoms with Gasteiger partial charge in [-0.2, -0.15) is 0 Å². The second kappa shape index (κ2) is 4.38. The second-order valence-corrected chi connectivity index (χ2v) is 4.93. The highest BCUT2D eigenvalue weighted by atomic mass is 32.2. The Hall–Kier alpha value is -2.15. The molecule has 0 amide bonds. The second-order valence-electron chi connectivity index (χ2n) is 3.25. The molecule has 0 saturated heterocycles. The average Bonchev–Trinajstić information content (AvgIpc) is 2.30. The fourth-order valence-electron chi connectivity index (χ4n) is 1.18. The molecule has 0 fully saturated rings. The van der Waals surface area contributed by atoms with Crippen molar-refractivity contribution >= 4 is 21.7 Å². The van der Waals surface area contributed by atoms with Gasteiger partial charge in [0.1, 0.15) is 0 Å².